The van der Waals surface area contributed by atoms with Gasteiger partial charge in [0.05, 0.1) is 40.5 Å². The lowest BCUT2D eigenvalue weighted by Gasteiger charge is -2.42. The molecule has 0 amide bonds. The predicted octanol–water partition coefficient (Wildman–Crippen LogP) is 11.6. The van der Waals surface area contributed by atoms with Crippen LogP contribution >= 0.6 is 0 Å². The van der Waals surface area contributed by atoms with Crippen molar-refractivity contribution in [2.45, 2.75) is 12.1 Å². The zero-order valence-corrected chi connectivity index (χ0v) is 31.0. The molecule has 0 heterocycles. The second-order valence-electron chi connectivity index (χ2n) is 12.8. The monoisotopic (exact) mass is 712 g/mol. The molecule has 7 aromatic rings. The van der Waals surface area contributed by atoms with E-state index in [1.807, 2.05) is 60.7 Å². The van der Waals surface area contributed by atoms with E-state index in [9.17, 15) is 0 Å². The van der Waals surface area contributed by atoms with Crippen molar-refractivity contribution < 1.29 is 18.9 Å². The zero-order valence-electron chi connectivity index (χ0n) is 31.0. The van der Waals surface area contributed by atoms with Crippen LogP contribution < -0.4 is 28.7 Å². The van der Waals surface area contributed by atoms with E-state index in [0.29, 0.717) is 0 Å². The molecule has 0 atom stereocenters. The van der Waals surface area contributed by atoms with Crippen molar-refractivity contribution >= 4 is 22.7 Å². The van der Waals surface area contributed by atoms with E-state index in [4.69, 9.17) is 18.9 Å². The van der Waals surface area contributed by atoms with Gasteiger partial charge in [-0.15, -0.1) is 0 Å². The van der Waals surface area contributed by atoms with Crippen LogP contribution in [0, 0.1) is 0 Å². The maximum Gasteiger partial charge on any atom is 0.118 e. The number of rotatable bonds is 14. The summed E-state index contributed by atoms with van der Waals surface area (Å²) in [6.45, 7) is 0. The van der Waals surface area contributed by atoms with E-state index in [1.165, 1.54) is 0 Å². The lowest BCUT2D eigenvalue weighted by molar-refractivity contribution is 0.414. The smallest absolute Gasteiger partial charge is 0.118 e. The molecule has 0 unspecified atom stereocenters. The minimum absolute atomic E-state index is 0.235. The molecular weight excluding hydrogens is 669 g/mol. The first kappa shape index (κ1) is 35.7. The number of hydrogen-bond acceptors (Lipinski definition) is 6. The summed E-state index contributed by atoms with van der Waals surface area (Å²) >= 11 is 0. The normalized spacial score (nSPS) is 10.9. The van der Waals surface area contributed by atoms with Crippen molar-refractivity contribution in [3.05, 3.63) is 204 Å². The molecule has 0 saturated carbocycles. The van der Waals surface area contributed by atoms with Crippen LogP contribution in [0.2, 0.25) is 0 Å². The summed E-state index contributed by atoms with van der Waals surface area (Å²) in [6, 6.07) is 62.8. The Morgan fingerprint density at radius 1 is 0.296 bits per heavy atom. The van der Waals surface area contributed by atoms with Gasteiger partial charge in [0.25, 0.3) is 0 Å². The van der Waals surface area contributed by atoms with Gasteiger partial charge < -0.3 is 28.7 Å². The van der Waals surface area contributed by atoms with Gasteiger partial charge in [0, 0.05) is 22.7 Å². The molecule has 270 valence electrons. The van der Waals surface area contributed by atoms with Crippen molar-refractivity contribution in [3.8, 4) is 23.0 Å². The summed E-state index contributed by atoms with van der Waals surface area (Å²) in [7, 11) is 6.78. The van der Waals surface area contributed by atoms with E-state index < -0.39 is 0 Å². The van der Waals surface area contributed by atoms with Gasteiger partial charge in [-0.3, -0.25) is 0 Å². The average Bonchev–Trinajstić information content (AvgIpc) is 3.25. The number of anilines is 4. The second kappa shape index (κ2) is 16.8. The zero-order chi connectivity index (χ0) is 37.3. The van der Waals surface area contributed by atoms with Crippen LogP contribution in [-0.4, -0.2) is 28.4 Å². The highest BCUT2D eigenvalue weighted by Crippen LogP contribution is 2.45. The van der Waals surface area contributed by atoms with E-state index in [1.54, 1.807) is 28.4 Å². The highest BCUT2D eigenvalue weighted by Gasteiger charge is 2.32. The average molecular weight is 713 g/mol. The molecule has 0 aliphatic carbocycles. The molecule has 0 aliphatic rings. The fourth-order valence-electron chi connectivity index (χ4n) is 6.99. The Morgan fingerprint density at radius 3 is 0.833 bits per heavy atom. The molecule has 7 rings (SSSR count). The highest BCUT2D eigenvalue weighted by molar-refractivity contribution is 5.77. The van der Waals surface area contributed by atoms with Crippen molar-refractivity contribution in [2.24, 2.45) is 0 Å². The standard InChI is InChI=1S/C48H44N2O4/c1-51-43-27-15-35(16-28-43)47(36-17-29-44(52-2)30-18-36)50(48(37-19-31-45(53-3)32-20-37)38-21-33-46(54-4)34-22-38)42-25-23-41(24-26-42)49(39-11-7-5-8-12-39)40-13-9-6-10-14-40/h5-34,47-48H,1-4H3. The van der Waals surface area contributed by atoms with Crippen molar-refractivity contribution in [1.82, 2.24) is 0 Å². The second-order valence-corrected chi connectivity index (χ2v) is 12.8. The summed E-state index contributed by atoms with van der Waals surface area (Å²) in [5.74, 6) is 3.19. The maximum absolute atomic E-state index is 5.61. The van der Waals surface area contributed by atoms with E-state index in [-0.39, 0.29) is 12.1 Å². The summed E-state index contributed by atoms with van der Waals surface area (Å²) in [5.41, 5.74) is 8.66. The summed E-state index contributed by atoms with van der Waals surface area (Å²) in [4.78, 5) is 4.79. The molecule has 0 aromatic heterocycles. The fraction of sp³-hybridized carbons (Fsp3) is 0.125. The third-order valence-corrected chi connectivity index (χ3v) is 9.72. The Kier molecular flexibility index (Phi) is 11.1. The molecular formula is C48H44N2O4. The third kappa shape index (κ3) is 7.74. The van der Waals surface area contributed by atoms with Gasteiger partial charge in [-0.05, 0) is 119 Å². The molecule has 0 radical (unpaired) electrons. The minimum Gasteiger partial charge on any atom is -0.497 e. The quantitative estimate of drug-likeness (QED) is 0.112. The summed E-state index contributed by atoms with van der Waals surface area (Å²) in [6.07, 6.45) is 0. The SMILES string of the molecule is COc1ccc(C(c2ccc(OC)cc2)N(c2ccc(N(c3ccccc3)c3ccccc3)cc2)C(c2ccc(OC)cc2)c2ccc(OC)cc2)cc1. The van der Waals surface area contributed by atoms with Crippen molar-refractivity contribution in [1.29, 1.82) is 0 Å². The van der Waals surface area contributed by atoms with Gasteiger partial charge in [-0.25, -0.2) is 0 Å². The van der Waals surface area contributed by atoms with Gasteiger partial charge in [-0.1, -0.05) is 84.9 Å². The number of hydrogen-bond donors (Lipinski definition) is 0. The summed E-state index contributed by atoms with van der Waals surface area (Å²) in [5, 5.41) is 0. The van der Waals surface area contributed by atoms with Crippen LogP contribution in [0.4, 0.5) is 22.7 Å². The lowest BCUT2D eigenvalue weighted by atomic mass is 9.89. The number of methoxy groups -OCH3 is 4. The Labute approximate surface area is 318 Å². The van der Waals surface area contributed by atoms with Crippen LogP contribution in [0.25, 0.3) is 0 Å². The van der Waals surface area contributed by atoms with Gasteiger partial charge in [-0.2, -0.15) is 0 Å². The first-order valence-corrected chi connectivity index (χ1v) is 17.9. The topological polar surface area (TPSA) is 43.4 Å². The molecule has 6 nitrogen and oxygen atoms in total. The Hall–Kier alpha value is -6.66. The Bertz CT molecular complexity index is 1960. The molecule has 0 aliphatic heterocycles. The van der Waals surface area contributed by atoms with Crippen LogP contribution in [0.15, 0.2) is 182 Å². The number of benzene rings is 7. The van der Waals surface area contributed by atoms with Gasteiger partial charge >= 0.3 is 0 Å². The molecule has 7 aromatic carbocycles. The maximum atomic E-state index is 5.61. The van der Waals surface area contributed by atoms with Crippen LogP contribution in [0.3, 0.4) is 0 Å². The number of para-hydroxylation sites is 2. The van der Waals surface area contributed by atoms with Gasteiger partial charge in [0.2, 0.25) is 0 Å². The van der Waals surface area contributed by atoms with E-state index >= 15 is 0 Å². The first-order valence-electron chi connectivity index (χ1n) is 17.9. The van der Waals surface area contributed by atoms with Crippen LogP contribution in [0.5, 0.6) is 23.0 Å². The van der Waals surface area contributed by atoms with Crippen molar-refractivity contribution in [3.63, 3.8) is 0 Å². The third-order valence-electron chi connectivity index (χ3n) is 9.72. The Balaban J connectivity index is 1.46. The predicted molar refractivity (Wildman–Crippen MR) is 219 cm³/mol. The fourth-order valence-corrected chi connectivity index (χ4v) is 6.99. The number of ether oxygens (including phenoxy) is 4. The molecule has 0 spiro atoms. The molecule has 6 heteroatoms. The van der Waals surface area contributed by atoms with E-state index in [2.05, 4.69) is 131 Å². The van der Waals surface area contributed by atoms with Crippen LogP contribution in [-0.2, 0) is 0 Å². The Morgan fingerprint density at radius 2 is 0.556 bits per heavy atom. The van der Waals surface area contributed by atoms with Gasteiger partial charge in [0.1, 0.15) is 23.0 Å². The van der Waals surface area contributed by atoms with Crippen molar-refractivity contribution in [2.75, 3.05) is 38.2 Å². The van der Waals surface area contributed by atoms with Crippen LogP contribution in [0.1, 0.15) is 34.3 Å². The highest BCUT2D eigenvalue weighted by atomic mass is 16.5. The molecule has 54 heavy (non-hydrogen) atoms. The first-order chi connectivity index (χ1) is 26.6. The lowest BCUT2D eigenvalue weighted by Crippen LogP contribution is -2.34. The van der Waals surface area contributed by atoms with Gasteiger partial charge in [0.15, 0.2) is 0 Å². The molecule has 0 N–H and O–H groups in total. The summed E-state index contributed by atoms with van der Waals surface area (Å²) < 4.78 is 22.4. The minimum atomic E-state index is -0.235. The molecule has 0 saturated heterocycles. The molecule has 0 bridgehead atoms. The number of nitrogens with zero attached hydrogens (tertiary/aromatic N) is 2. The largest absolute Gasteiger partial charge is 0.497 e. The molecule has 0 fully saturated rings. The van der Waals surface area contributed by atoms with E-state index in [0.717, 1.165) is 68.0 Å².